The van der Waals surface area contributed by atoms with E-state index in [-0.39, 0.29) is 6.04 Å². The van der Waals surface area contributed by atoms with Gasteiger partial charge in [0.15, 0.2) is 0 Å². The third-order valence-corrected chi connectivity index (χ3v) is 3.93. The molecule has 3 heteroatoms. The van der Waals surface area contributed by atoms with E-state index in [9.17, 15) is 0 Å². The predicted molar refractivity (Wildman–Crippen MR) is 84.7 cm³/mol. The van der Waals surface area contributed by atoms with E-state index in [1.165, 1.54) is 0 Å². The summed E-state index contributed by atoms with van der Waals surface area (Å²) < 4.78 is 5.35. The largest absolute Gasteiger partial charge is 0.496 e. The fraction of sp³-hybridized carbons (Fsp3) is 0.294. The molecule has 2 nitrogen and oxygen atoms in total. The van der Waals surface area contributed by atoms with E-state index in [1.807, 2.05) is 31.2 Å². The van der Waals surface area contributed by atoms with Gasteiger partial charge >= 0.3 is 0 Å². The Balaban J connectivity index is 2.50. The van der Waals surface area contributed by atoms with Crippen molar-refractivity contribution in [2.75, 3.05) is 7.11 Å². The molecule has 2 N–H and O–H groups in total. The van der Waals surface area contributed by atoms with Crippen molar-refractivity contribution in [1.29, 1.82) is 0 Å². The number of methoxy groups -OCH3 is 1. The molecule has 0 radical (unpaired) electrons. The maximum atomic E-state index is 6.45. The molecule has 0 aliphatic carbocycles. The van der Waals surface area contributed by atoms with Gasteiger partial charge in [-0.25, -0.2) is 0 Å². The molecular formula is C17H20ClNO. The van der Waals surface area contributed by atoms with Gasteiger partial charge in [0.1, 0.15) is 5.75 Å². The van der Waals surface area contributed by atoms with Crippen LogP contribution >= 0.6 is 11.6 Å². The highest BCUT2D eigenvalue weighted by Crippen LogP contribution is 2.31. The molecule has 0 aromatic heterocycles. The molecule has 20 heavy (non-hydrogen) atoms. The number of hydrogen-bond acceptors (Lipinski definition) is 2. The van der Waals surface area contributed by atoms with Gasteiger partial charge in [0, 0.05) is 5.02 Å². The molecule has 0 aliphatic rings. The minimum Gasteiger partial charge on any atom is -0.496 e. The Morgan fingerprint density at radius 1 is 0.950 bits per heavy atom. The first-order valence-electron chi connectivity index (χ1n) is 6.60. The van der Waals surface area contributed by atoms with Gasteiger partial charge in [-0.15, -0.1) is 0 Å². The first kappa shape index (κ1) is 14.9. The molecule has 0 bridgehead atoms. The average molecular weight is 290 g/mol. The zero-order chi connectivity index (χ0) is 14.9. The van der Waals surface area contributed by atoms with E-state index in [0.29, 0.717) is 5.02 Å². The van der Waals surface area contributed by atoms with Crippen LogP contribution in [0.5, 0.6) is 5.75 Å². The fourth-order valence-electron chi connectivity index (χ4n) is 2.48. The van der Waals surface area contributed by atoms with Gasteiger partial charge < -0.3 is 10.5 Å². The zero-order valence-corrected chi connectivity index (χ0v) is 13.1. The molecule has 0 fully saturated rings. The van der Waals surface area contributed by atoms with E-state index in [4.69, 9.17) is 22.1 Å². The van der Waals surface area contributed by atoms with Crippen LogP contribution in [0.3, 0.4) is 0 Å². The van der Waals surface area contributed by atoms with Gasteiger partial charge in [0.2, 0.25) is 0 Å². The lowest BCUT2D eigenvalue weighted by atomic mass is 9.91. The smallest absolute Gasteiger partial charge is 0.122 e. The first-order chi connectivity index (χ1) is 9.43. The van der Waals surface area contributed by atoms with Crippen LogP contribution in [0.2, 0.25) is 5.02 Å². The third kappa shape index (κ3) is 2.82. The maximum absolute atomic E-state index is 6.45. The van der Waals surface area contributed by atoms with Crippen molar-refractivity contribution in [2.45, 2.75) is 26.8 Å². The van der Waals surface area contributed by atoms with Gasteiger partial charge in [-0.05, 0) is 66.8 Å². The van der Waals surface area contributed by atoms with Gasteiger partial charge in [-0.1, -0.05) is 23.7 Å². The Morgan fingerprint density at radius 2 is 1.60 bits per heavy atom. The van der Waals surface area contributed by atoms with Crippen molar-refractivity contribution in [3.63, 3.8) is 0 Å². The van der Waals surface area contributed by atoms with E-state index in [1.54, 1.807) is 7.11 Å². The minimum atomic E-state index is -0.182. The lowest BCUT2D eigenvalue weighted by Crippen LogP contribution is -2.15. The Hall–Kier alpha value is -1.51. The molecule has 0 aliphatic heterocycles. The topological polar surface area (TPSA) is 35.2 Å². The van der Waals surface area contributed by atoms with Crippen LogP contribution in [0.15, 0.2) is 30.3 Å². The Bertz CT molecular complexity index is 637. The average Bonchev–Trinajstić information content (AvgIpc) is 2.42. The summed E-state index contributed by atoms with van der Waals surface area (Å²) in [6.45, 7) is 6.13. The van der Waals surface area contributed by atoms with Crippen molar-refractivity contribution >= 4 is 11.6 Å². The van der Waals surface area contributed by atoms with Crippen molar-refractivity contribution in [2.24, 2.45) is 5.73 Å². The molecule has 0 saturated carbocycles. The lowest BCUT2D eigenvalue weighted by molar-refractivity contribution is 0.411. The molecule has 0 saturated heterocycles. The monoisotopic (exact) mass is 289 g/mol. The summed E-state index contributed by atoms with van der Waals surface area (Å²) >= 11 is 6.09. The zero-order valence-electron chi connectivity index (χ0n) is 12.3. The number of benzene rings is 2. The van der Waals surface area contributed by atoms with Crippen LogP contribution in [0, 0.1) is 20.8 Å². The van der Waals surface area contributed by atoms with Crippen LogP contribution in [-0.2, 0) is 0 Å². The SMILES string of the molecule is COc1cc(C)c(C(N)c2cc(Cl)ccc2C)cc1C. The highest BCUT2D eigenvalue weighted by atomic mass is 35.5. The Morgan fingerprint density at radius 3 is 2.25 bits per heavy atom. The summed E-state index contributed by atoms with van der Waals surface area (Å²) in [6, 6.07) is 9.78. The third-order valence-electron chi connectivity index (χ3n) is 3.69. The predicted octanol–water partition coefficient (Wildman–Crippen LogP) is 4.32. The minimum absolute atomic E-state index is 0.182. The molecule has 1 atom stereocenters. The summed E-state index contributed by atoms with van der Waals surface area (Å²) in [4.78, 5) is 0. The van der Waals surface area contributed by atoms with E-state index in [0.717, 1.165) is 33.6 Å². The second kappa shape index (κ2) is 5.86. The summed E-state index contributed by atoms with van der Waals surface area (Å²) in [5, 5.41) is 0.712. The van der Waals surface area contributed by atoms with Crippen LogP contribution < -0.4 is 10.5 Å². The molecule has 0 amide bonds. The van der Waals surface area contributed by atoms with Crippen LogP contribution in [0.4, 0.5) is 0 Å². The standard InChI is InChI=1S/C17H20ClNO/c1-10-5-6-13(18)9-15(10)17(19)14-7-12(3)16(20-4)8-11(14)2/h5-9,17H,19H2,1-4H3. The molecule has 0 spiro atoms. The number of rotatable bonds is 3. The van der Waals surface area contributed by atoms with E-state index >= 15 is 0 Å². The highest BCUT2D eigenvalue weighted by molar-refractivity contribution is 6.30. The molecule has 2 aromatic carbocycles. The summed E-state index contributed by atoms with van der Waals surface area (Å²) in [7, 11) is 1.68. The number of nitrogens with two attached hydrogens (primary N) is 1. The second-order valence-electron chi connectivity index (χ2n) is 5.16. The number of halogens is 1. The number of hydrogen-bond donors (Lipinski definition) is 1. The molecular weight excluding hydrogens is 270 g/mol. The van der Waals surface area contributed by atoms with Gasteiger partial charge in [0.25, 0.3) is 0 Å². The highest BCUT2D eigenvalue weighted by Gasteiger charge is 2.16. The van der Waals surface area contributed by atoms with E-state index in [2.05, 4.69) is 19.9 Å². The quantitative estimate of drug-likeness (QED) is 0.913. The molecule has 0 heterocycles. The van der Waals surface area contributed by atoms with Crippen LogP contribution in [-0.4, -0.2) is 7.11 Å². The van der Waals surface area contributed by atoms with Crippen LogP contribution in [0.1, 0.15) is 33.9 Å². The maximum Gasteiger partial charge on any atom is 0.122 e. The summed E-state index contributed by atoms with van der Waals surface area (Å²) in [5.74, 6) is 0.890. The first-order valence-corrected chi connectivity index (χ1v) is 6.98. The summed E-state index contributed by atoms with van der Waals surface area (Å²) in [6.07, 6.45) is 0. The Kier molecular flexibility index (Phi) is 4.36. The number of ether oxygens (including phenoxy) is 1. The summed E-state index contributed by atoms with van der Waals surface area (Å²) in [5.41, 5.74) is 12.0. The second-order valence-corrected chi connectivity index (χ2v) is 5.59. The van der Waals surface area contributed by atoms with Crippen molar-refractivity contribution in [3.05, 3.63) is 63.2 Å². The van der Waals surface area contributed by atoms with Crippen molar-refractivity contribution < 1.29 is 4.74 Å². The Labute approximate surface area is 125 Å². The molecule has 106 valence electrons. The fourth-order valence-corrected chi connectivity index (χ4v) is 2.66. The van der Waals surface area contributed by atoms with Gasteiger partial charge in [0.05, 0.1) is 13.2 Å². The lowest BCUT2D eigenvalue weighted by Gasteiger charge is -2.19. The molecule has 1 unspecified atom stereocenters. The van der Waals surface area contributed by atoms with E-state index < -0.39 is 0 Å². The van der Waals surface area contributed by atoms with Crippen LogP contribution in [0.25, 0.3) is 0 Å². The van der Waals surface area contributed by atoms with Crippen molar-refractivity contribution in [1.82, 2.24) is 0 Å². The molecule has 2 aromatic rings. The normalized spacial score (nSPS) is 12.3. The number of aryl methyl sites for hydroxylation is 3. The van der Waals surface area contributed by atoms with Gasteiger partial charge in [-0.3, -0.25) is 0 Å². The van der Waals surface area contributed by atoms with Gasteiger partial charge in [-0.2, -0.15) is 0 Å². The van der Waals surface area contributed by atoms with Crippen molar-refractivity contribution in [3.8, 4) is 5.75 Å². The molecule has 2 rings (SSSR count).